The van der Waals surface area contributed by atoms with Gasteiger partial charge < -0.3 is 9.26 Å². The third kappa shape index (κ3) is 3.96. The molecule has 7 rings (SSSR count). The van der Waals surface area contributed by atoms with E-state index in [2.05, 4.69) is 5.16 Å². The molecule has 0 radical (unpaired) electrons. The first-order chi connectivity index (χ1) is 18.9. The van der Waals surface area contributed by atoms with Crippen LogP contribution in [0.25, 0.3) is 11.3 Å². The number of amides is 1. The van der Waals surface area contributed by atoms with Crippen molar-refractivity contribution in [3.63, 3.8) is 0 Å². The summed E-state index contributed by atoms with van der Waals surface area (Å²) < 4.78 is 12.1. The number of hydrogen-bond donors (Lipinski definition) is 0. The number of aromatic nitrogens is 1. The van der Waals surface area contributed by atoms with Crippen LogP contribution in [-0.2, 0) is 16.8 Å². The molecule has 1 amide bonds. The second kappa shape index (κ2) is 9.12. The van der Waals surface area contributed by atoms with Gasteiger partial charge in [-0.2, -0.15) is 0 Å². The van der Waals surface area contributed by atoms with Gasteiger partial charge in [0.1, 0.15) is 23.8 Å². The van der Waals surface area contributed by atoms with Gasteiger partial charge in [0.2, 0.25) is 5.91 Å². The Bertz CT molecular complexity index is 1650. The van der Waals surface area contributed by atoms with Crippen molar-refractivity contribution in [3.8, 4) is 17.0 Å². The standard InChI is InChI=1S/C30H21Cl3N2O4/c31-22-2-1-3-23(32)26(22)27-20(28(39-34-27)16-4-5-16)15-38-19-8-9-25-21(13-19)30(10-11-30)29(37)35(25)18-7-6-17(14-36)24(33)12-18/h1-3,6-9,12-14,16H,4-5,10-11,15H2. The lowest BCUT2D eigenvalue weighted by molar-refractivity contribution is -0.119. The quantitative estimate of drug-likeness (QED) is 0.206. The Hall–Kier alpha value is -3.32. The molecule has 4 aromatic rings. The number of hydrogen-bond acceptors (Lipinski definition) is 5. The lowest BCUT2D eigenvalue weighted by Crippen LogP contribution is -2.27. The molecular formula is C30H21Cl3N2O4. The molecule has 1 aliphatic heterocycles. The van der Waals surface area contributed by atoms with Gasteiger partial charge >= 0.3 is 0 Å². The molecule has 0 atom stereocenters. The summed E-state index contributed by atoms with van der Waals surface area (Å²) in [6.07, 6.45) is 4.31. The van der Waals surface area contributed by atoms with Crippen LogP contribution in [0.15, 0.2) is 59.1 Å². The van der Waals surface area contributed by atoms with Gasteiger partial charge in [-0.05, 0) is 79.8 Å². The normalized spacial score (nSPS) is 17.0. The summed E-state index contributed by atoms with van der Waals surface area (Å²) in [4.78, 5) is 26.5. The van der Waals surface area contributed by atoms with Gasteiger partial charge in [-0.1, -0.05) is 46.0 Å². The molecule has 2 fully saturated rings. The van der Waals surface area contributed by atoms with Crippen LogP contribution in [0.2, 0.25) is 15.1 Å². The van der Waals surface area contributed by atoms with Crippen LogP contribution in [0.3, 0.4) is 0 Å². The molecule has 1 aromatic heterocycles. The summed E-state index contributed by atoms with van der Waals surface area (Å²) in [7, 11) is 0. The molecule has 6 nitrogen and oxygen atoms in total. The molecule has 196 valence electrons. The smallest absolute Gasteiger partial charge is 0.242 e. The predicted molar refractivity (Wildman–Crippen MR) is 150 cm³/mol. The molecule has 2 saturated carbocycles. The second-order valence-corrected chi connectivity index (χ2v) is 11.5. The SMILES string of the molecule is O=Cc1ccc(N2C(=O)C3(CC3)c3cc(OCc4c(-c5c(Cl)cccc5Cl)noc4C4CC4)ccc32)cc1Cl. The van der Waals surface area contributed by atoms with E-state index in [0.717, 1.165) is 48.3 Å². The van der Waals surface area contributed by atoms with Gasteiger partial charge in [-0.15, -0.1) is 0 Å². The molecule has 9 heteroatoms. The number of halogens is 3. The van der Waals surface area contributed by atoms with Crippen LogP contribution in [0.1, 0.15) is 58.8 Å². The minimum Gasteiger partial charge on any atom is -0.489 e. The van der Waals surface area contributed by atoms with Gasteiger partial charge in [0, 0.05) is 17.0 Å². The van der Waals surface area contributed by atoms with Crippen molar-refractivity contribution in [2.45, 2.75) is 43.6 Å². The van der Waals surface area contributed by atoms with E-state index < -0.39 is 5.41 Å². The Balaban J connectivity index is 1.22. The van der Waals surface area contributed by atoms with Gasteiger partial charge in [0.05, 0.1) is 37.4 Å². The maximum absolute atomic E-state index is 13.6. The molecule has 2 heterocycles. The van der Waals surface area contributed by atoms with E-state index in [1.165, 1.54) is 0 Å². The summed E-state index contributed by atoms with van der Waals surface area (Å²) >= 11 is 19.3. The number of nitrogens with zero attached hydrogens (tertiary/aromatic N) is 2. The number of carbonyl (C=O) groups is 2. The molecule has 0 N–H and O–H groups in total. The molecule has 0 bridgehead atoms. The van der Waals surface area contributed by atoms with Crippen molar-refractivity contribution in [2.75, 3.05) is 4.90 Å². The highest BCUT2D eigenvalue weighted by Gasteiger charge is 2.59. The Morgan fingerprint density at radius 1 is 1.03 bits per heavy atom. The van der Waals surface area contributed by atoms with Gasteiger partial charge in [-0.25, -0.2) is 0 Å². The largest absolute Gasteiger partial charge is 0.489 e. The summed E-state index contributed by atoms with van der Waals surface area (Å²) in [5, 5.41) is 5.63. The Kier molecular flexibility index (Phi) is 5.78. The summed E-state index contributed by atoms with van der Waals surface area (Å²) in [5.41, 5.74) is 4.23. The first-order valence-electron chi connectivity index (χ1n) is 12.7. The van der Waals surface area contributed by atoms with Gasteiger partial charge in [-0.3, -0.25) is 14.5 Å². The topological polar surface area (TPSA) is 72.6 Å². The van der Waals surface area contributed by atoms with Crippen molar-refractivity contribution in [1.82, 2.24) is 5.16 Å². The lowest BCUT2D eigenvalue weighted by atomic mass is 9.98. The van der Waals surface area contributed by atoms with Crippen molar-refractivity contribution in [2.24, 2.45) is 0 Å². The van der Waals surface area contributed by atoms with E-state index in [4.69, 9.17) is 44.1 Å². The molecule has 1 spiro atoms. The van der Waals surface area contributed by atoms with E-state index in [9.17, 15) is 9.59 Å². The number of carbonyl (C=O) groups excluding carboxylic acids is 2. The molecule has 39 heavy (non-hydrogen) atoms. The Labute approximate surface area is 239 Å². The van der Waals surface area contributed by atoms with Gasteiger partial charge in [0.25, 0.3) is 0 Å². The lowest BCUT2D eigenvalue weighted by Gasteiger charge is -2.19. The van der Waals surface area contributed by atoms with Crippen molar-refractivity contribution < 1.29 is 18.8 Å². The third-order valence-corrected chi connectivity index (χ3v) is 8.76. The van der Waals surface area contributed by atoms with Crippen molar-refractivity contribution in [1.29, 1.82) is 0 Å². The number of fused-ring (bicyclic) bond motifs is 2. The number of aldehydes is 1. The minimum atomic E-state index is -0.558. The maximum Gasteiger partial charge on any atom is 0.242 e. The fourth-order valence-electron chi connectivity index (χ4n) is 5.44. The fraction of sp³-hybridized carbons (Fsp3) is 0.233. The molecule has 3 aliphatic rings. The number of anilines is 2. The summed E-state index contributed by atoms with van der Waals surface area (Å²) in [6.45, 7) is 0.221. The van der Waals surface area contributed by atoms with E-state index in [1.54, 1.807) is 41.3 Å². The molecule has 0 saturated heterocycles. The van der Waals surface area contributed by atoms with Crippen molar-refractivity contribution >= 4 is 58.4 Å². The molecule has 0 unspecified atom stereocenters. The highest BCUT2D eigenvalue weighted by atomic mass is 35.5. The van der Waals surface area contributed by atoms with Crippen molar-refractivity contribution in [3.05, 3.63) is 92.1 Å². The maximum atomic E-state index is 13.6. The predicted octanol–water partition coefficient (Wildman–Crippen LogP) is 8.28. The average molecular weight is 580 g/mol. The van der Waals surface area contributed by atoms with Crippen LogP contribution in [0, 0.1) is 0 Å². The Morgan fingerprint density at radius 3 is 2.46 bits per heavy atom. The average Bonchev–Trinajstić information content (AvgIpc) is 3.85. The zero-order valence-corrected chi connectivity index (χ0v) is 22.8. The van der Waals surface area contributed by atoms with Crippen LogP contribution in [0.5, 0.6) is 5.75 Å². The van der Waals surface area contributed by atoms with E-state index in [-0.39, 0.29) is 12.5 Å². The molecule has 3 aromatic carbocycles. The summed E-state index contributed by atoms with van der Waals surface area (Å²) in [6, 6.07) is 16.1. The van der Waals surface area contributed by atoms with Gasteiger partial charge in [0.15, 0.2) is 6.29 Å². The third-order valence-electron chi connectivity index (χ3n) is 7.81. The first kappa shape index (κ1) is 24.7. The number of ether oxygens (including phenoxy) is 1. The van der Waals surface area contributed by atoms with Crippen LogP contribution in [0.4, 0.5) is 11.4 Å². The van der Waals surface area contributed by atoms with Crippen LogP contribution >= 0.6 is 34.8 Å². The number of benzene rings is 3. The second-order valence-electron chi connectivity index (χ2n) is 10.3. The highest BCUT2D eigenvalue weighted by Crippen LogP contribution is 2.59. The fourth-order valence-corrected chi connectivity index (χ4v) is 6.24. The Morgan fingerprint density at radius 2 is 1.79 bits per heavy atom. The van der Waals surface area contributed by atoms with E-state index in [1.807, 2.05) is 18.2 Å². The monoisotopic (exact) mass is 578 g/mol. The molecule has 2 aliphatic carbocycles. The molecular weight excluding hydrogens is 559 g/mol. The van der Waals surface area contributed by atoms with Crippen LogP contribution in [-0.4, -0.2) is 17.4 Å². The van der Waals surface area contributed by atoms with E-state index in [0.29, 0.717) is 55.5 Å². The zero-order chi connectivity index (χ0) is 26.9. The number of rotatable bonds is 7. The van der Waals surface area contributed by atoms with Crippen LogP contribution < -0.4 is 9.64 Å². The summed E-state index contributed by atoms with van der Waals surface area (Å²) in [5.74, 6) is 1.76. The highest BCUT2D eigenvalue weighted by molar-refractivity contribution is 6.39. The first-order valence-corrected chi connectivity index (χ1v) is 13.8. The zero-order valence-electron chi connectivity index (χ0n) is 20.5. The van der Waals surface area contributed by atoms with E-state index >= 15 is 0 Å². The minimum absolute atomic E-state index is 0.00951.